The van der Waals surface area contributed by atoms with Gasteiger partial charge in [-0.2, -0.15) is 13.1 Å². The molecule has 0 spiro atoms. The maximum Gasteiger partial charge on any atom is 0.277 e. The van der Waals surface area contributed by atoms with E-state index in [-0.39, 0.29) is 13.2 Å². The van der Waals surface area contributed by atoms with Gasteiger partial charge in [0, 0.05) is 30.0 Å². The first-order chi connectivity index (χ1) is 9.09. The molecular weight excluding hydrogens is 284 g/mol. The van der Waals surface area contributed by atoms with Gasteiger partial charge < -0.3 is 5.11 Å². The van der Waals surface area contributed by atoms with Crippen molar-refractivity contribution in [3.63, 3.8) is 0 Å². The van der Waals surface area contributed by atoms with Crippen LogP contribution in [0.4, 0.5) is 0 Å². The van der Waals surface area contributed by atoms with Crippen molar-refractivity contribution in [2.75, 3.05) is 13.2 Å². The largest absolute Gasteiger partial charge is 0.395 e. The van der Waals surface area contributed by atoms with Crippen LogP contribution in [0, 0.1) is 11.8 Å². The summed E-state index contributed by atoms with van der Waals surface area (Å²) in [5.74, 6) is 5.74. The van der Waals surface area contributed by atoms with Crippen LogP contribution in [0.25, 0.3) is 0 Å². The molecule has 1 heterocycles. The third-order valence-electron chi connectivity index (χ3n) is 2.17. The Labute approximate surface area is 118 Å². The molecule has 0 aliphatic rings. The number of nitrogens with one attached hydrogen (secondary N) is 2. The molecule has 1 rings (SSSR count). The Balaban J connectivity index is 2.59. The maximum atomic E-state index is 11.6. The van der Waals surface area contributed by atoms with Crippen LogP contribution in [0.15, 0.2) is 11.4 Å². The van der Waals surface area contributed by atoms with Gasteiger partial charge >= 0.3 is 0 Å². The van der Waals surface area contributed by atoms with Gasteiger partial charge in [0.25, 0.3) is 10.2 Å². The predicted octanol–water partition coefficient (Wildman–Crippen LogP) is 0.816. The molecule has 0 amide bonds. The highest BCUT2D eigenvalue weighted by molar-refractivity contribution is 7.87. The van der Waals surface area contributed by atoms with Crippen molar-refractivity contribution >= 4 is 21.5 Å². The molecule has 3 N–H and O–H groups in total. The SMILES string of the molecule is CCCNS(=O)(=O)NCc1sccc1C#CCCO. The molecule has 0 saturated carbocycles. The van der Waals surface area contributed by atoms with Gasteiger partial charge in [0.2, 0.25) is 0 Å². The summed E-state index contributed by atoms with van der Waals surface area (Å²) in [6, 6.07) is 1.85. The van der Waals surface area contributed by atoms with Crippen LogP contribution in [-0.4, -0.2) is 26.7 Å². The second-order valence-electron chi connectivity index (χ2n) is 3.75. The van der Waals surface area contributed by atoms with Gasteiger partial charge in [0.1, 0.15) is 0 Å². The summed E-state index contributed by atoms with van der Waals surface area (Å²) in [6.45, 7) is 2.57. The number of thiophene rings is 1. The second kappa shape index (κ2) is 8.30. The van der Waals surface area contributed by atoms with Gasteiger partial charge in [-0.1, -0.05) is 18.8 Å². The normalized spacial score (nSPS) is 11.1. The molecule has 1 aromatic rings. The molecule has 0 atom stereocenters. The lowest BCUT2D eigenvalue weighted by molar-refractivity contribution is 0.305. The summed E-state index contributed by atoms with van der Waals surface area (Å²) in [5.41, 5.74) is 0.802. The number of hydrogen-bond donors (Lipinski definition) is 3. The lowest BCUT2D eigenvalue weighted by atomic mass is 10.2. The first-order valence-electron chi connectivity index (χ1n) is 5.99. The number of rotatable bonds is 7. The van der Waals surface area contributed by atoms with Crippen molar-refractivity contribution in [1.29, 1.82) is 0 Å². The van der Waals surface area contributed by atoms with E-state index in [4.69, 9.17) is 5.11 Å². The van der Waals surface area contributed by atoms with Crippen LogP contribution in [0.2, 0.25) is 0 Å². The van der Waals surface area contributed by atoms with E-state index in [1.165, 1.54) is 11.3 Å². The van der Waals surface area contributed by atoms with Crippen LogP contribution in [0.5, 0.6) is 0 Å². The quantitative estimate of drug-likeness (QED) is 0.652. The molecule has 0 fully saturated rings. The minimum absolute atomic E-state index is 0.0278. The zero-order chi connectivity index (χ0) is 14.1. The zero-order valence-electron chi connectivity index (χ0n) is 10.8. The standard InChI is InChI=1S/C12H18N2O3S2/c1-2-7-13-19(16,17)14-10-12-11(6-9-18-12)5-3-4-8-15/h6,9,13-15H,2,4,7-8,10H2,1H3. The third kappa shape index (κ3) is 6.18. The first-order valence-corrected chi connectivity index (χ1v) is 8.35. The van der Waals surface area contributed by atoms with Crippen molar-refractivity contribution < 1.29 is 13.5 Å². The average molecular weight is 302 g/mol. The molecule has 1 aromatic heterocycles. The van der Waals surface area contributed by atoms with Crippen molar-refractivity contribution in [2.45, 2.75) is 26.3 Å². The van der Waals surface area contributed by atoms with E-state index in [1.807, 2.05) is 18.4 Å². The minimum atomic E-state index is -3.44. The molecule has 7 heteroatoms. The van der Waals surface area contributed by atoms with Crippen LogP contribution < -0.4 is 9.44 Å². The zero-order valence-corrected chi connectivity index (χ0v) is 12.4. The Hall–Kier alpha value is -0.910. The smallest absolute Gasteiger partial charge is 0.277 e. The highest BCUT2D eigenvalue weighted by Crippen LogP contribution is 2.15. The number of hydrogen-bond acceptors (Lipinski definition) is 4. The van der Waals surface area contributed by atoms with E-state index in [9.17, 15) is 8.42 Å². The fourth-order valence-electron chi connectivity index (χ4n) is 1.25. The van der Waals surface area contributed by atoms with Crippen LogP contribution in [0.1, 0.15) is 30.2 Å². The molecule has 19 heavy (non-hydrogen) atoms. The molecular formula is C12H18N2O3S2. The summed E-state index contributed by atoms with van der Waals surface area (Å²) in [5, 5.41) is 10.5. The monoisotopic (exact) mass is 302 g/mol. The van der Waals surface area contributed by atoms with E-state index in [0.717, 1.165) is 16.9 Å². The summed E-state index contributed by atoms with van der Waals surface area (Å²) < 4.78 is 28.1. The summed E-state index contributed by atoms with van der Waals surface area (Å²) in [4.78, 5) is 0.868. The summed E-state index contributed by atoms with van der Waals surface area (Å²) in [6.07, 6.45) is 1.16. The highest BCUT2D eigenvalue weighted by Gasteiger charge is 2.10. The van der Waals surface area contributed by atoms with Gasteiger partial charge in [-0.3, -0.25) is 0 Å². The average Bonchev–Trinajstić information content (AvgIpc) is 2.82. The summed E-state index contributed by atoms with van der Waals surface area (Å²) >= 11 is 1.45. The van der Waals surface area contributed by atoms with Gasteiger partial charge in [-0.15, -0.1) is 11.3 Å². The second-order valence-corrected chi connectivity index (χ2v) is 6.34. The first kappa shape index (κ1) is 16.1. The van der Waals surface area contributed by atoms with Gasteiger partial charge in [-0.25, -0.2) is 4.72 Å². The van der Waals surface area contributed by atoms with E-state index in [2.05, 4.69) is 21.3 Å². The number of aliphatic hydroxyl groups is 1. The molecule has 0 aliphatic carbocycles. The topological polar surface area (TPSA) is 78.4 Å². The molecule has 106 valence electrons. The molecule has 0 saturated heterocycles. The Morgan fingerprint density at radius 2 is 2.21 bits per heavy atom. The molecule has 0 bridgehead atoms. The third-order valence-corrected chi connectivity index (χ3v) is 4.20. The van der Waals surface area contributed by atoms with Gasteiger partial charge in [-0.05, 0) is 17.9 Å². The van der Waals surface area contributed by atoms with E-state index < -0.39 is 10.2 Å². The highest BCUT2D eigenvalue weighted by atomic mass is 32.2. The summed E-state index contributed by atoms with van der Waals surface area (Å²) in [7, 11) is -3.44. The van der Waals surface area contributed by atoms with Crippen molar-refractivity contribution in [1.82, 2.24) is 9.44 Å². The van der Waals surface area contributed by atoms with Gasteiger partial charge in [0.15, 0.2) is 0 Å². The maximum absolute atomic E-state index is 11.6. The fourth-order valence-corrected chi connectivity index (χ4v) is 3.02. The molecule has 0 unspecified atom stereocenters. The van der Waals surface area contributed by atoms with E-state index >= 15 is 0 Å². The Morgan fingerprint density at radius 1 is 1.42 bits per heavy atom. The fraction of sp³-hybridized carbons (Fsp3) is 0.500. The minimum Gasteiger partial charge on any atom is -0.395 e. The Bertz CT molecular complexity index is 541. The molecule has 0 radical (unpaired) electrons. The van der Waals surface area contributed by atoms with E-state index in [1.54, 1.807) is 0 Å². The molecule has 0 aliphatic heterocycles. The van der Waals surface area contributed by atoms with Crippen molar-refractivity contribution in [2.24, 2.45) is 0 Å². The van der Waals surface area contributed by atoms with Gasteiger partial charge in [0.05, 0.1) is 6.61 Å². The van der Waals surface area contributed by atoms with Crippen LogP contribution >= 0.6 is 11.3 Å². The molecule has 5 nitrogen and oxygen atoms in total. The van der Waals surface area contributed by atoms with E-state index in [0.29, 0.717) is 13.0 Å². The van der Waals surface area contributed by atoms with Crippen molar-refractivity contribution in [3.8, 4) is 11.8 Å². The van der Waals surface area contributed by atoms with Crippen LogP contribution in [0.3, 0.4) is 0 Å². The van der Waals surface area contributed by atoms with Crippen molar-refractivity contribution in [3.05, 3.63) is 21.9 Å². The van der Waals surface area contributed by atoms with Crippen LogP contribution in [-0.2, 0) is 16.8 Å². The predicted molar refractivity (Wildman–Crippen MR) is 77.0 cm³/mol. The lowest BCUT2D eigenvalue weighted by Crippen LogP contribution is -2.36. The lowest BCUT2D eigenvalue weighted by Gasteiger charge is -2.06. The Kier molecular flexibility index (Phi) is 7.05. The Morgan fingerprint density at radius 3 is 2.89 bits per heavy atom. The molecule has 0 aromatic carbocycles. The number of aliphatic hydroxyl groups excluding tert-OH is 1.